The summed E-state index contributed by atoms with van der Waals surface area (Å²) in [5.41, 5.74) is 5.23. The Bertz CT molecular complexity index is 119. The maximum atomic E-state index is 10.6. The first-order valence-corrected chi connectivity index (χ1v) is 3.53. The molecule has 0 aromatic rings. The van der Waals surface area contributed by atoms with Crippen LogP contribution in [0.5, 0.6) is 0 Å². The first-order valence-electron chi connectivity index (χ1n) is 3.53. The summed E-state index contributed by atoms with van der Waals surface area (Å²) >= 11 is 0. The molecule has 3 heteroatoms. The van der Waals surface area contributed by atoms with Crippen molar-refractivity contribution in [2.45, 2.75) is 32.7 Å². The molecular weight excluding hydrogens is 128 g/mol. The molecule has 1 unspecified atom stereocenters. The van der Waals surface area contributed by atoms with Crippen LogP contribution in [0.25, 0.3) is 0 Å². The third-order valence-corrected chi connectivity index (χ3v) is 1.71. The highest BCUT2D eigenvalue weighted by Crippen LogP contribution is 2.05. The molecule has 0 saturated heterocycles. The minimum Gasteiger partial charge on any atom is -0.350 e. The Balaban J connectivity index is 3.92. The minimum absolute atomic E-state index is 0.0187. The molecule has 60 valence electrons. The van der Waals surface area contributed by atoms with Gasteiger partial charge in [-0.2, -0.15) is 0 Å². The summed E-state index contributed by atoms with van der Waals surface area (Å²) in [6.07, 6.45) is 0.864. The maximum Gasteiger partial charge on any atom is 0.217 e. The van der Waals surface area contributed by atoms with E-state index < -0.39 is 0 Å². The number of hydrogen-bond acceptors (Lipinski definition) is 2. The van der Waals surface area contributed by atoms with Crippen LogP contribution in [0.15, 0.2) is 0 Å². The fourth-order valence-corrected chi connectivity index (χ4v) is 0.709. The van der Waals surface area contributed by atoms with Crippen LogP contribution in [0, 0.1) is 0 Å². The lowest BCUT2D eigenvalue weighted by Gasteiger charge is -2.26. The van der Waals surface area contributed by atoms with Crippen LogP contribution in [-0.4, -0.2) is 18.0 Å². The maximum absolute atomic E-state index is 10.6. The zero-order chi connectivity index (χ0) is 8.20. The molecule has 0 bridgehead atoms. The quantitative estimate of drug-likeness (QED) is 0.596. The van der Waals surface area contributed by atoms with Gasteiger partial charge in [-0.15, -0.1) is 0 Å². The van der Waals surface area contributed by atoms with E-state index in [1.54, 1.807) is 0 Å². The van der Waals surface area contributed by atoms with Crippen LogP contribution in [0.3, 0.4) is 0 Å². The highest BCUT2D eigenvalue weighted by atomic mass is 16.1. The van der Waals surface area contributed by atoms with Crippen molar-refractivity contribution >= 4 is 5.91 Å². The van der Waals surface area contributed by atoms with Gasteiger partial charge in [-0.1, -0.05) is 6.92 Å². The number of hydrogen-bond donors (Lipinski definition) is 2. The summed E-state index contributed by atoms with van der Waals surface area (Å²) in [5.74, 6) is -0.0187. The molecule has 0 spiro atoms. The van der Waals surface area contributed by atoms with Gasteiger partial charge in [0.25, 0.3) is 0 Å². The monoisotopic (exact) mass is 144 g/mol. The molecule has 0 rings (SSSR count). The minimum atomic E-state index is -0.216. The lowest BCUT2D eigenvalue weighted by atomic mass is 9.99. The Morgan fingerprint density at radius 3 is 2.30 bits per heavy atom. The van der Waals surface area contributed by atoms with Crippen molar-refractivity contribution in [1.82, 2.24) is 5.32 Å². The fraction of sp³-hybridized carbons (Fsp3) is 0.857. The van der Waals surface area contributed by atoms with E-state index in [0.29, 0.717) is 6.54 Å². The molecular formula is C7H16N2O. The first-order chi connectivity index (χ1) is 4.54. The van der Waals surface area contributed by atoms with Gasteiger partial charge in [-0.25, -0.2) is 0 Å². The number of nitrogens with two attached hydrogens (primary N) is 1. The van der Waals surface area contributed by atoms with Crippen molar-refractivity contribution in [2.75, 3.05) is 6.54 Å². The second-order valence-electron chi connectivity index (χ2n) is 2.80. The summed E-state index contributed by atoms with van der Waals surface area (Å²) in [5, 5.41) is 2.79. The summed E-state index contributed by atoms with van der Waals surface area (Å²) < 4.78 is 0. The molecule has 0 saturated carbocycles. The van der Waals surface area contributed by atoms with Gasteiger partial charge in [0.2, 0.25) is 5.91 Å². The lowest BCUT2D eigenvalue weighted by Crippen LogP contribution is -2.50. The van der Waals surface area contributed by atoms with E-state index in [1.807, 2.05) is 13.8 Å². The molecule has 0 aliphatic carbocycles. The zero-order valence-corrected chi connectivity index (χ0v) is 6.90. The van der Waals surface area contributed by atoms with Gasteiger partial charge in [0.05, 0.1) is 0 Å². The van der Waals surface area contributed by atoms with Gasteiger partial charge in [0.15, 0.2) is 0 Å². The van der Waals surface area contributed by atoms with E-state index in [0.717, 1.165) is 6.42 Å². The molecule has 0 fully saturated rings. The number of carbonyl (C=O) groups excluding carboxylic acids is 1. The van der Waals surface area contributed by atoms with Crippen molar-refractivity contribution in [2.24, 2.45) is 5.73 Å². The summed E-state index contributed by atoms with van der Waals surface area (Å²) in [4.78, 5) is 10.6. The van der Waals surface area contributed by atoms with E-state index in [9.17, 15) is 4.79 Å². The average Bonchev–Trinajstić information content (AvgIpc) is 1.87. The first kappa shape index (κ1) is 9.43. The zero-order valence-electron chi connectivity index (χ0n) is 6.90. The smallest absolute Gasteiger partial charge is 0.217 e. The Morgan fingerprint density at radius 2 is 2.20 bits per heavy atom. The van der Waals surface area contributed by atoms with Crippen LogP contribution >= 0.6 is 0 Å². The highest BCUT2D eigenvalue weighted by molar-refractivity contribution is 5.73. The fourth-order valence-electron chi connectivity index (χ4n) is 0.709. The average molecular weight is 144 g/mol. The standard InChI is InChI=1S/C7H16N2O/c1-4-7(3,5-8)9-6(2)10/h4-5,8H2,1-3H3,(H,9,10). The number of rotatable bonds is 3. The van der Waals surface area contributed by atoms with Crippen molar-refractivity contribution in [3.63, 3.8) is 0 Å². The van der Waals surface area contributed by atoms with Crippen LogP contribution in [-0.2, 0) is 4.79 Å². The van der Waals surface area contributed by atoms with Gasteiger partial charge < -0.3 is 11.1 Å². The molecule has 1 amide bonds. The molecule has 0 radical (unpaired) electrons. The number of nitrogens with one attached hydrogen (secondary N) is 1. The van der Waals surface area contributed by atoms with Crippen LogP contribution in [0.1, 0.15) is 27.2 Å². The molecule has 0 aromatic carbocycles. The van der Waals surface area contributed by atoms with Gasteiger partial charge in [-0.3, -0.25) is 4.79 Å². The van der Waals surface area contributed by atoms with Crippen molar-refractivity contribution in [3.8, 4) is 0 Å². The number of amides is 1. The van der Waals surface area contributed by atoms with Crippen molar-refractivity contribution in [3.05, 3.63) is 0 Å². The van der Waals surface area contributed by atoms with Gasteiger partial charge in [0, 0.05) is 19.0 Å². The number of carbonyl (C=O) groups is 1. The van der Waals surface area contributed by atoms with E-state index >= 15 is 0 Å². The van der Waals surface area contributed by atoms with Crippen molar-refractivity contribution in [1.29, 1.82) is 0 Å². The second-order valence-corrected chi connectivity index (χ2v) is 2.80. The van der Waals surface area contributed by atoms with E-state index in [-0.39, 0.29) is 11.4 Å². The predicted molar refractivity (Wildman–Crippen MR) is 41.6 cm³/mol. The Morgan fingerprint density at radius 1 is 1.70 bits per heavy atom. The third-order valence-electron chi connectivity index (χ3n) is 1.71. The Kier molecular flexibility index (Phi) is 3.36. The second kappa shape index (κ2) is 3.56. The normalized spacial score (nSPS) is 16.0. The SMILES string of the molecule is CCC(C)(CN)NC(C)=O. The molecule has 3 nitrogen and oxygen atoms in total. The van der Waals surface area contributed by atoms with E-state index in [1.165, 1.54) is 6.92 Å². The van der Waals surface area contributed by atoms with Crippen LogP contribution in [0.2, 0.25) is 0 Å². The molecule has 0 aliphatic rings. The molecule has 0 heterocycles. The van der Waals surface area contributed by atoms with E-state index in [2.05, 4.69) is 5.32 Å². The topological polar surface area (TPSA) is 55.1 Å². The largest absolute Gasteiger partial charge is 0.350 e. The highest BCUT2D eigenvalue weighted by Gasteiger charge is 2.19. The predicted octanol–water partition coefficient (Wildman–Crippen LogP) is 0.250. The molecule has 10 heavy (non-hydrogen) atoms. The van der Waals surface area contributed by atoms with Gasteiger partial charge >= 0.3 is 0 Å². The van der Waals surface area contributed by atoms with Gasteiger partial charge in [-0.05, 0) is 13.3 Å². The molecule has 0 aromatic heterocycles. The van der Waals surface area contributed by atoms with Gasteiger partial charge in [0.1, 0.15) is 0 Å². The molecule has 1 atom stereocenters. The van der Waals surface area contributed by atoms with Crippen LogP contribution < -0.4 is 11.1 Å². The molecule has 3 N–H and O–H groups in total. The van der Waals surface area contributed by atoms with E-state index in [4.69, 9.17) is 5.73 Å². The lowest BCUT2D eigenvalue weighted by molar-refractivity contribution is -0.120. The summed E-state index contributed by atoms with van der Waals surface area (Å²) in [6, 6.07) is 0. The summed E-state index contributed by atoms with van der Waals surface area (Å²) in [6.45, 7) is 5.93. The Labute approximate surface area is 62.0 Å². The summed E-state index contributed by atoms with van der Waals surface area (Å²) in [7, 11) is 0. The third kappa shape index (κ3) is 2.82. The van der Waals surface area contributed by atoms with Crippen molar-refractivity contribution < 1.29 is 4.79 Å². The Hall–Kier alpha value is -0.570. The molecule has 0 aliphatic heterocycles. The van der Waals surface area contributed by atoms with Crippen LogP contribution in [0.4, 0.5) is 0 Å².